The number of rotatable bonds is 3. The fraction of sp³-hybridized carbons (Fsp3) is 0.667. The summed E-state index contributed by atoms with van der Waals surface area (Å²) in [5, 5.41) is 3.20. The molecule has 1 unspecified atom stereocenters. The fourth-order valence-corrected chi connectivity index (χ4v) is 2.37. The number of fused-ring (bicyclic) bond motifs is 1. The van der Waals surface area contributed by atoms with Gasteiger partial charge in [-0.15, -0.1) is 0 Å². The van der Waals surface area contributed by atoms with E-state index in [1.165, 1.54) is 0 Å². The second-order valence-electron chi connectivity index (χ2n) is 4.98. The van der Waals surface area contributed by atoms with Gasteiger partial charge in [0.2, 0.25) is 5.78 Å². The maximum Gasteiger partial charge on any atom is 0.435 e. The Kier molecular flexibility index (Phi) is 4.22. The van der Waals surface area contributed by atoms with Crippen LogP contribution in [0.3, 0.4) is 0 Å². The van der Waals surface area contributed by atoms with Crippen LogP contribution >= 0.6 is 0 Å². The maximum atomic E-state index is 13.3. The van der Waals surface area contributed by atoms with E-state index in [9.17, 15) is 35.5 Å². The first kappa shape index (κ1) is 16.8. The van der Waals surface area contributed by atoms with E-state index in [0.29, 0.717) is 0 Å². The third kappa shape index (κ3) is 3.41. The minimum atomic E-state index is -4.97. The molecular weight excluding hydrogens is 321 g/mol. The zero-order chi connectivity index (χ0) is 16.7. The van der Waals surface area contributed by atoms with Crippen LogP contribution in [-0.2, 0) is 19.1 Å². The van der Waals surface area contributed by atoms with Crippen LogP contribution in [0.4, 0.5) is 30.7 Å². The molecule has 1 atom stereocenters. The molecule has 0 aliphatic heterocycles. The molecular formula is C12H11F7N2O. The first-order valence-electron chi connectivity index (χ1n) is 6.42. The number of hydrogen-bond acceptors (Lipinski definition) is 2. The highest BCUT2D eigenvalue weighted by molar-refractivity contribution is 6.02. The van der Waals surface area contributed by atoms with Crippen LogP contribution in [0.15, 0.2) is 0 Å². The summed E-state index contributed by atoms with van der Waals surface area (Å²) in [6.45, 7) is -0.415. The summed E-state index contributed by atoms with van der Waals surface area (Å²) in [7, 11) is 0. The van der Waals surface area contributed by atoms with E-state index in [-0.39, 0.29) is 18.5 Å². The van der Waals surface area contributed by atoms with E-state index >= 15 is 0 Å². The van der Waals surface area contributed by atoms with Crippen molar-refractivity contribution in [3.05, 3.63) is 17.0 Å². The summed E-state index contributed by atoms with van der Waals surface area (Å²) in [5.41, 5.74) is -2.52. The summed E-state index contributed by atoms with van der Waals surface area (Å²) in [6, 6.07) is 0. The Hall–Kier alpha value is -1.61. The number of ketones is 1. The molecule has 1 aliphatic carbocycles. The molecule has 0 bridgehead atoms. The van der Waals surface area contributed by atoms with Gasteiger partial charge in [-0.2, -0.15) is 31.4 Å². The molecule has 22 heavy (non-hydrogen) atoms. The Labute approximate surface area is 120 Å². The number of aryl methyl sites for hydroxylation is 1. The third-order valence-corrected chi connectivity index (χ3v) is 3.32. The van der Waals surface area contributed by atoms with Crippen LogP contribution in [0, 0.1) is 0 Å². The largest absolute Gasteiger partial charge is 0.435 e. The quantitative estimate of drug-likeness (QED) is 0.791. The Bertz CT molecular complexity index is 573. The van der Waals surface area contributed by atoms with Gasteiger partial charge < -0.3 is 0 Å². The molecule has 1 aliphatic rings. The lowest BCUT2D eigenvalue weighted by molar-refractivity contribution is -0.142. The first-order valence-corrected chi connectivity index (χ1v) is 6.42. The number of carbonyl (C=O) groups is 1. The van der Waals surface area contributed by atoms with Gasteiger partial charge in [0.25, 0.3) is 0 Å². The van der Waals surface area contributed by atoms with Gasteiger partial charge in [-0.05, 0) is 19.3 Å². The van der Waals surface area contributed by atoms with Crippen molar-refractivity contribution in [2.45, 2.75) is 50.8 Å². The lowest BCUT2D eigenvalue weighted by Gasteiger charge is -2.17. The van der Waals surface area contributed by atoms with E-state index in [4.69, 9.17) is 0 Å². The average Bonchev–Trinajstić information content (AvgIpc) is 2.72. The average molecular weight is 332 g/mol. The zero-order valence-electron chi connectivity index (χ0n) is 11.1. The highest BCUT2D eigenvalue weighted by Gasteiger charge is 2.44. The van der Waals surface area contributed by atoms with Gasteiger partial charge in [0.05, 0.1) is 11.3 Å². The predicted octanol–water partition coefficient (Wildman–Crippen LogP) is 3.71. The van der Waals surface area contributed by atoms with E-state index in [1.807, 2.05) is 0 Å². The van der Waals surface area contributed by atoms with Crippen LogP contribution in [0.1, 0.15) is 41.0 Å². The van der Waals surface area contributed by atoms with Crippen molar-refractivity contribution >= 4 is 5.78 Å². The molecule has 0 radical (unpaired) electrons. The molecule has 1 aromatic heterocycles. The number of halogens is 7. The van der Waals surface area contributed by atoms with Crippen LogP contribution in [-0.4, -0.2) is 27.9 Å². The molecule has 0 amide bonds. The van der Waals surface area contributed by atoms with Gasteiger partial charge in [-0.3, -0.25) is 9.48 Å². The minimum absolute atomic E-state index is 0.145. The fourth-order valence-electron chi connectivity index (χ4n) is 2.37. The van der Waals surface area contributed by atoms with Gasteiger partial charge >= 0.3 is 12.4 Å². The molecule has 10 heteroatoms. The lowest BCUT2D eigenvalue weighted by Crippen LogP contribution is -2.26. The van der Waals surface area contributed by atoms with E-state index in [0.717, 1.165) is 4.68 Å². The zero-order valence-corrected chi connectivity index (χ0v) is 11.1. The Morgan fingerprint density at radius 3 is 2.36 bits per heavy atom. The SMILES string of the molecule is O=C1c2c(C(F)(F)F)nn(CCCC(F)(F)F)c2CCC1F. The second-order valence-corrected chi connectivity index (χ2v) is 4.98. The third-order valence-electron chi connectivity index (χ3n) is 3.32. The number of Topliss-reactive ketones (excluding diaryl/α,β-unsaturated/α-hetero) is 1. The van der Waals surface area contributed by atoms with Crippen LogP contribution < -0.4 is 0 Å². The Morgan fingerprint density at radius 1 is 1.18 bits per heavy atom. The smallest absolute Gasteiger partial charge is 0.291 e. The summed E-state index contributed by atoms with van der Waals surface area (Å²) in [4.78, 5) is 11.6. The van der Waals surface area contributed by atoms with Crippen molar-refractivity contribution < 1.29 is 35.5 Å². The molecule has 0 saturated carbocycles. The minimum Gasteiger partial charge on any atom is -0.291 e. The standard InChI is InChI=1S/C12H11F7N2O/c13-6-2-3-7-8(9(6)22)10(12(17,18)19)20-21(7)5-1-4-11(14,15)16/h6H,1-5H2. The van der Waals surface area contributed by atoms with Crippen molar-refractivity contribution in [1.29, 1.82) is 0 Å². The molecule has 1 aromatic rings. The van der Waals surface area contributed by atoms with Gasteiger partial charge in [-0.1, -0.05) is 0 Å². The van der Waals surface area contributed by atoms with Crippen molar-refractivity contribution in [2.24, 2.45) is 0 Å². The van der Waals surface area contributed by atoms with Gasteiger partial charge in [-0.25, -0.2) is 4.39 Å². The highest BCUT2D eigenvalue weighted by Crippen LogP contribution is 2.36. The molecule has 0 N–H and O–H groups in total. The van der Waals surface area contributed by atoms with E-state index in [2.05, 4.69) is 5.10 Å². The number of alkyl halides is 7. The predicted molar refractivity (Wildman–Crippen MR) is 60.1 cm³/mol. The number of carbonyl (C=O) groups excluding carboxylic acids is 1. The Balaban J connectivity index is 2.33. The molecule has 0 spiro atoms. The highest BCUT2D eigenvalue weighted by atomic mass is 19.4. The molecule has 0 aromatic carbocycles. The van der Waals surface area contributed by atoms with Crippen molar-refractivity contribution in [3.63, 3.8) is 0 Å². The molecule has 124 valence electrons. The summed E-state index contributed by atoms with van der Waals surface area (Å²) < 4.78 is 89.0. The molecule has 1 heterocycles. The summed E-state index contributed by atoms with van der Waals surface area (Å²) in [5.74, 6) is -1.31. The monoisotopic (exact) mass is 332 g/mol. The molecule has 0 fully saturated rings. The molecule has 0 saturated heterocycles. The van der Waals surface area contributed by atoms with Gasteiger partial charge in [0.1, 0.15) is 0 Å². The summed E-state index contributed by atoms with van der Waals surface area (Å²) >= 11 is 0. The lowest BCUT2D eigenvalue weighted by atomic mass is 9.92. The van der Waals surface area contributed by atoms with Crippen LogP contribution in [0.5, 0.6) is 0 Å². The number of aromatic nitrogens is 2. The first-order chi connectivity index (χ1) is 10.0. The molecule has 3 nitrogen and oxygen atoms in total. The molecule has 2 rings (SSSR count). The maximum absolute atomic E-state index is 13.3. The van der Waals surface area contributed by atoms with Gasteiger partial charge in [0.15, 0.2) is 11.9 Å². The second kappa shape index (κ2) is 5.54. The number of hydrogen-bond donors (Lipinski definition) is 0. The Morgan fingerprint density at radius 2 is 1.82 bits per heavy atom. The normalized spacial score (nSPS) is 19.4. The van der Waals surface area contributed by atoms with Gasteiger partial charge in [0, 0.05) is 13.0 Å². The van der Waals surface area contributed by atoms with E-state index < -0.39 is 55.0 Å². The van der Waals surface area contributed by atoms with E-state index in [1.54, 1.807) is 0 Å². The van der Waals surface area contributed by atoms with Crippen LogP contribution in [0.2, 0.25) is 0 Å². The summed E-state index contributed by atoms with van der Waals surface area (Å²) in [6.07, 6.45) is -13.6. The van der Waals surface area contributed by atoms with Crippen molar-refractivity contribution in [1.82, 2.24) is 9.78 Å². The van der Waals surface area contributed by atoms with Crippen molar-refractivity contribution in [3.8, 4) is 0 Å². The topological polar surface area (TPSA) is 34.9 Å². The number of nitrogens with zero attached hydrogens (tertiary/aromatic N) is 2. The van der Waals surface area contributed by atoms with Crippen LogP contribution in [0.25, 0.3) is 0 Å². The van der Waals surface area contributed by atoms with Crippen molar-refractivity contribution in [2.75, 3.05) is 0 Å².